The van der Waals surface area contributed by atoms with Gasteiger partial charge in [0.2, 0.25) is 0 Å². The largest absolute Gasteiger partial charge is 0.0613 e. The lowest BCUT2D eigenvalue weighted by molar-refractivity contribution is 0.729. The number of fused-ring (bicyclic) bond motifs is 1. The fourth-order valence-electron chi connectivity index (χ4n) is 3.37. The van der Waals surface area contributed by atoms with Crippen molar-refractivity contribution < 1.29 is 0 Å². The van der Waals surface area contributed by atoms with E-state index >= 15 is 0 Å². The summed E-state index contributed by atoms with van der Waals surface area (Å²) in [6.07, 6.45) is 5.58. The van der Waals surface area contributed by atoms with Crippen LogP contribution in [-0.2, 0) is 0 Å². The molecule has 0 nitrogen and oxygen atoms in total. The highest BCUT2D eigenvalue weighted by molar-refractivity contribution is 5.89. The van der Waals surface area contributed by atoms with Crippen LogP contribution >= 0.6 is 0 Å². The molecule has 1 aliphatic carbocycles. The highest BCUT2D eigenvalue weighted by atomic mass is 14.2. The second kappa shape index (κ2) is 4.18. The molecule has 0 heteroatoms. The van der Waals surface area contributed by atoms with Crippen LogP contribution in [-0.4, -0.2) is 0 Å². The summed E-state index contributed by atoms with van der Waals surface area (Å²) >= 11 is 0. The van der Waals surface area contributed by atoms with Crippen LogP contribution in [0.25, 0.3) is 10.8 Å². The molecular weight excluding hydrogens is 204 g/mol. The minimum Gasteiger partial charge on any atom is -0.0613 e. The molecule has 2 aromatic carbocycles. The first-order valence-corrected chi connectivity index (χ1v) is 6.75. The fraction of sp³-hybridized carbons (Fsp3) is 0.412. The van der Waals surface area contributed by atoms with E-state index in [0.29, 0.717) is 0 Å². The van der Waals surface area contributed by atoms with Gasteiger partial charge >= 0.3 is 0 Å². The van der Waals surface area contributed by atoms with E-state index < -0.39 is 0 Å². The van der Waals surface area contributed by atoms with Crippen LogP contribution in [0.4, 0.5) is 0 Å². The first kappa shape index (κ1) is 10.8. The molecule has 0 N–H and O–H groups in total. The van der Waals surface area contributed by atoms with Crippen molar-refractivity contribution in [2.24, 2.45) is 0 Å². The molecule has 0 bridgehead atoms. The topological polar surface area (TPSA) is 0 Å². The van der Waals surface area contributed by atoms with Crippen LogP contribution in [0, 0.1) is 13.8 Å². The molecule has 0 atom stereocenters. The van der Waals surface area contributed by atoms with Gasteiger partial charge in [0.25, 0.3) is 0 Å². The van der Waals surface area contributed by atoms with Crippen molar-refractivity contribution >= 4 is 10.8 Å². The summed E-state index contributed by atoms with van der Waals surface area (Å²) < 4.78 is 0. The van der Waals surface area contributed by atoms with Gasteiger partial charge in [0, 0.05) is 0 Å². The van der Waals surface area contributed by atoms with Crippen molar-refractivity contribution in [3.05, 3.63) is 47.0 Å². The number of hydrogen-bond acceptors (Lipinski definition) is 0. The zero-order chi connectivity index (χ0) is 11.8. The predicted molar refractivity (Wildman–Crippen MR) is 74.6 cm³/mol. The van der Waals surface area contributed by atoms with Gasteiger partial charge in [-0.1, -0.05) is 48.7 Å². The molecule has 0 aromatic heterocycles. The minimum absolute atomic E-state index is 0.805. The monoisotopic (exact) mass is 224 g/mol. The number of rotatable bonds is 1. The van der Waals surface area contributed by atoms with Crippen LogP contribution in [0.15, 0.2) is 30.3 Å². The Balaban J connectivity index is 2.24. The van der Waals surface area contributed by atoms with E-state index in [0.717, 1.165) is 5.92 Å². The Hall–Kier alpha value is -1.30. The van der Waals surface area contributed by atoms with Gasteiger partial charge in [0.15, 0.2) is 0 Å². The third-order valence-corrected chi connectivity index (χ3v) is 4.18. The smallest absolute Gasteiger partial charge is 0.0144 e. The van der Waals surface area contributed by atoms with Crippen LogP contribution < -0.4 is 0 Å². The Morgan fingerprint density at radius 3 is 2.47 bits per heavy atom. The van der Waals surface area contributed by atoms with Gasteiger partial charge in [-0.15, -0.1) is 0 Å². The highest BCUT2D eigenvalue weighted by Gasteiger charge is 2.19. The van der Waals surface area contributed by atoms with Gasteiger partial charge in [-0.05, 0) is 54.5 Å². The van der Waals surface area contributed by atoms with E-state index in [1.807, 2.05) is 0 Å². The SMILES string of the molecule is Cc1cc(C)c2cccc(C3CCCC3)c2c1. The Bertz CT molecular complexity index is 545. The quantitative estimate of drug-likeness (QED) is 0.631. The predicted octanol–water partition coefficient (Wildman–Crippen LogP) is 5.11. The molecule has 0 unspecified atom stereocenters. The summed E-state index contributed by atoms with van der Waals surface area (Å²) in [7, 11) is 0. The Morgan fingerprint density at radius 1 is 0.941 bits per heavy atom. The number of benzene rings is 2. The molecule has 2 aromatic rings. The lowest BCUT2D eigenvalue weighted by Gasteiger charge is -2.15. The second-order valence-electron chi connectivity index (χ2n) is 5.51. The maximum atomic E-state index is 2.37. The fourth-order valence-corrected chi connectivity index (χ4v) is 3.37. The van der Waals surface area contributed by atoms with E-state index in [2.05, 4.69) is 44.2 Å². The molecule has 17 heavy (non-hydrogen) atoms. The summed E-state index contributed by atoms with van der Waals surface area (Å²) in [5.74, 6) is 0.805. The highest BCUT2D eigenvalue weighted by Crippen LogP contribution is 2.38. The van der Waals surface area contributed by atoms with Crippen LogP contribution in [0.3, 0.4) is 0 Å². The van der Waals surface area contributed by atoms with Crippen molar-refractivity contribution in [1.82, 2.24) is 0 Å². The van der Waals surface area contributed by atoms with Gasteiger partial charge in [-0.25, -0.2) is 0 Å². The first-order chi connectivity index (χ1) is 8.25. The minimum atomic E-state index is 0.805. The lowest BCUT2D eigenvalue weighted by atomic mass is 9.90. The van der Waals surface area contributed by atoms with Gasteiger partial charge in [0.05, 0.1) is 0 Å². The zero-order valence-electron chi connectivity index (χ0n) is 10.8. The summed E-state index contributed by atoms with van der Waals surface area (Å²) in [4.78, 5) is 0. The molecule has 88 valence electrons. The molecule has 0 radical (unpaired) electrons. The molecule has 0 aliphatic heterocycles. The van der Waals surface area contributed by atoms with Gasteiger partial charge in [-0.2, -0.15) is 0 Å². The Labute approximate surface area is 104 Å². The van der Waals surface area contributed by atoms with Crippen LogP contribution in [0.1, 0.15) is 48.3 Å². The number of aryl methyl sites for hydroxylation is 2. The molecule has 0 heterocycles. The maximum absolute atomic E-state index is 2.37. The molecule has 0 spiro atoms. The molecule has 1 saturated carbocycles. The van der Waals surface area contributed by atoms with E-state index in [9.17, 15) is 0 Å². The molecule has 3 rings (SSSR count). The first-order valence-electron chi connectivity index (χ1n) is 6.75. The molecule has 0 saturated heterocycles. The Morgan fingerprint density at radius 2 is 1.71 bits per heavy atom. The summed E-state index contributed by atoms with van der Waals surface area (Å²) in [6.45, 7) is 4.44. The third-order valence-electron chi connectivity index (χ3n) is 4.18. The zero-order valence-corrected chi connectivity index (χ0v) is 10.8. The average molecular weight is 224 g/mol. The van der Waals surface area contributed by atoms with E-state index in [1.54, 1.807) is 5.56 Å². The van der Waals surface area contributed by atoms with E-state index in [-0.39, 0.29) is 0 Å². The maximum Gasteiger partial charge on any atom is -0.0144 e. The lowest BCUT2D eigenvalue weighted by Crippen LogP contribution is -1.95. The summed E-state index contributed by atoms with van der Waals surface area (Å²) in [5, 5.41) is 2.94. The van der Waals surface area contributed by atoms with Gasteiger partial charge in [0.1, 0.15) is 0 Å². The third kappa shape index (κ3) is 1.86. The molecular formula is C17H20. The van der Waals surface area contributed by atoms with Crippen molar-refractivity contribution in [1.29, 1.82) is 0 Å². The van der Waals surface area contributed by atoms with E-state index in [4.69, 9.17) is 0 Å². The van der Waals surface area contributed by atoms with Gasteiger partial charge < -0.3 is 0 Å². The van der Waals surface area contributed by atoms with Crippen molar-refractivity contribution in [3.8, 4) is 0 Å². The summed E-state index contributed by atoms with van der Waals surface area (Å²) in [6, 6.07) is 11.5. The Kier molecular flexibility index (Phi) is 2.66. The summed E-state index contributed by atoms with van der Waals surface area (Å²) in [5.41, 5.74) is 4.40. The van der Waals surface area contributed by atoms with Crippen LogP contribution in [0.2, 0.25) is 0 Å². The van der Waals surface area contributed by atoms with Crippen LogP contribution in [0.5, 0.6) is 0 Å². The van der Waals surface area contributed by atoms with Crippen molar-refractivity contribution in [2.45, 2.75) is 45.4 Å². The van der Waals surface area contributed by atoms with Gasteiger partial charge in [-0.3, -0.25) is 0 Å². The molecule has 1 fully saturated rings. The molecule has 1 aliphatic rings. The van der Waals surface area contributed by atoms with Crippen molar-refractivity contribution in [2.75, 3.05) is 0 Å². The average Bonchev–Trinajstić information content (AvgIpc) is 2.81. The van der Waals surface area contributed by atoms with E-state index in [1.165, 1.54) is 47.6 Å². The molecule has 0 amide bonds. The van der Waals surface area contributed by atoms with Crippen molar-refractivity contribution in [3.63, 3.8) is 0 Å². The number of hydrogen-bond donors (Lipinski definition) is 0. The standard InChI is InChI=1S/C17H20/c1-12-10-13(2)15-8-5-9-16(17(15)11-12)14-6-3-4-7-14/h5,8-11,14H,3-4,6-7H2,1-2H3. The second-order valence-corrected chi connectivity index (χ2v) is 5.51. The normalized spacial score (nSPS) is 16.8.